The molecule has 1 unspecified atom stereocenters. The molecule has 0 aliphatic carbocycles. The number of hydrogen-bond acceptors (Lipinski definition) is 12. The minimum atomic E-state index is -1.21. The van der Waals surface area contributed by atoms with Crippen molar-refractivity contribution in [2.45, 2.75) is 58.1 Å². The maximum atomic E-state index is 14.6. The van der Waals surface area contributed by atoms with E-state index in [1.54, 1.807) is 20.8 Å². The number of pyridine rings is 4. The fraction of sp³-hybridized carbons (Fsp3) is 0.458. The number of nitrogens with zero attached hydrogens (tertiary/aromatic N) is 6. The molecule has 22 heteroatoms. The van der Waals surface area contributed by atoms with Crippen LogP contribution >= 0.6 is 0 Å². The van der Waals surface area contributed by atoms with Crippen molar-refractivity contribution in [2.24, 2.45) is 28.2 Å². The summed E-state index contributed by atoms with van der Waals surface area (Å²) in [5.74, 6) is -2.79. The summed E-state index contributed by atoms with van der Waals surface area (Å²) in [5.41, 5.74) is -1.99. The lowest BCUT2D eigenvalue weighted by atomic mass is 10.1. The topological polar surface area (TPSA) is 263 Å². The van der Waals surface area contributed by atoms with Gasteiger partial charge in [0, 0.05) is 98.3 Å². The maximum absolute atomic E-state index is 14.6. The molecule has 4 rings (SSSR count). The third kappa shape index (κ3) is 16.0. The van der Waals surface area contributed by atoms with E-state index >= 15 is 0 Å². The fourth-order valence-corrected chi connectivity index (χ4v) is 7.18. The van der Waals surface area contributed by atoms with Gasteiger partial charge in [0.25, 0.3) is 45.9 Å². The normalized spacial score (nSPS) is 11.5. The number of alkyl carbamates (subject to hydrolysis) is 1. The lowest BCUT2D eigenvalue weighted by Crippen LogP contribution is -2.52. The molecule has 4 heterocycles. The SMILES string of the molecule is Cn1c(C(=O)NCCCN(CCCC(C(=O)NCCOCCNC(=O)OC(C)(C)C)N(CCCNC(=O)c2cccc(=O)n2C)C(=O)c2cccc(=O)n2C)C(=O)c2cccc(=O)n2C)cccc1=O. The average molecular weight is 973 g/mol. The van der Waals surface area contributed by atoms with Gasteiger partial charge in [0.05, 0.1) is 13.2 Å². The van der Waals surface area contributed by atoms with E-state index in [0.717, 1.165) is 4.57 Å². The Balaban J connectivity index is 1.58. The summed E-state index contributed by atoms with van der Waals surface area (Å²) in [6.07, 6.45) is -0.118. The quantitative estimate of drug-likeness (QED) is 0.0701. The first-order chi connectivity index (χ1) is 33.2. The van der Waals surface area contributed by atoms with Crippen LogP contribution in [0.1, 0.15) is 88.4 Å². The number of aromatic nitrogens is 4. The zero-order chi connectivity index (χ0) is 51.5. The van der Waals surface area contributed by atoms with E-state index in [2.05, 4.69) is 21.3 Å². The summed E-state index contributed by atoms with van der Waals surface area (Å²) in [6, 6.07) is 15.8. The molecule has 6 amide bonds. The van der Waals surface area contributed by atoms with Crippen molar-refractivity contribution in [1.29, 1.82) is 0 Å². The van der Waals surface area contributed by atoms with E-state index in [0.29, 0.717) is 0 Å². The third-order valence-corrected chi connectivity index (χ3v) is 11.0. The van der Waals surface area contributed by atoms with Crippen molar-refractivity contribution in [3.63, 3.8) is 0 Å². The van der Waals surface area contributed by atoms with Crippen molar-refractivity contribution >= 4 is 35.6 Å². The Hall–Kier alpha value is -7.62. The van der Waals surface area contributed by atoms with Crippen LogP contribution in [0.2, 0.25) is 0 Å². The highest BCUT2D eigenvalue weighted by Gasteiger charge is 2.32. The molecule has 378 valence electrons. The van der Waals surface area contributed by atoms with Crippen LogP contribution in [0.25, 0.3) is 0 Å². The van der Waals surface area contributed by atoms with Gasteiger partial charge < -0.3 is 58.8 Å². The molecule has 0 bridgehead atoms. The summed E-state index contributed by atoms with van der Waals surface area (Å²) in [7, 11) is 5.82. The van der Waals surface area contributed by atoms with Crippen LogP contribution in [0.15, 0.2) is 92.0 Å². The minimum absolute atomic E-state index is 0.00497. The van der Waals surface area contributed by atoms with Gasteiger partial charge >= 0.3 is 6.09 Å². The van der Waals surface area contributed by atoms with Gasteiger partial charge in [0.15, 0.2) is 0 Å². The van der Waals surface area contributed by atoms with Crippen LogP contribution in [0.4, 0.5) is 4.79 Å². The number of carbonyl (C=O) groups is 6. The average Bonchev–Trinajstić information content (AvgIpc) is 3.30. The first-order valence-corrected chi connectivity index (χ1v) is 22.8. The van der Waals surface area contributed by atoms with Gasteiger partial charge in [0.1, 0.15) is 34.4 Å². The van der Waals surface area contributed by atoms with E-state index in [1.807, 2.05) is 0 Å². The molecule has 4 N–H and O–H groups in total. The van der Waals surface area contributed by atoms with Gasteiger partial charge in [-0.3, -0.25) is 43.2 Å². The Morgan fingerprint density at radius 2 is 0.943 bits per heavy atom. The Bertz CT molecular complexity index is 2740. The number of hydrogen-bond donors (Lipinski definition) is 4. The molecule has 4 aromatic heterocycles. The second-order valence-electron chi connectivity index (χ2n) is 17.2. The van der Waals surface area contributed by atoms with Gasteiger partial charge in [-0.15, -0.1) is 0 Å². The summed E-state index contributed by atoms with van der Waals surface area (Å²) in [4.78, 5) is 134. The molecule has 0 aliphatic rings. The molecule has 0 aliphatic heterocycles. The van der Waals surface area contributed by atoms with Crippen molar-refractivity contribution < 1.29 is 38.2 Å². The van der Waals surface area contributed by atoms with Crippen LogP contribution in [0.3, 0.4) is 0 Å². The van der Waals surface area contributed by atoms with Gasteiger partial charge in [-0.2, -0.15) is 0 Å². The molecule has 0 spiro atoms. The molecule has 0 aromatic carbocycles. The molecule has 0 fully saturated rings. The second-order valence-corrected chi connectivity index (χ2v) is 17.2. The van der Waals surface area contributed by atoms with Crippen LogP contribution in [-0.4, -0.2) is 134 Å². The predicted octanol–water partition coefficient (Wildman–Crippen LogP) is 0.513. The number of nitrogens with one attached hydrogen (secondary N) is 4. The van der Waals surface area contributed by atoms with Gasteiger partial charge in [-0.25, -0.2) is 4.79 Å². The molecule has 0 saturated carbocycles. The summed E-state index contributed by atoms with van der Waals surface area (Å²) in [5, 5.41) is 10.9. The summed E-state index contributed by atoms with van der Waals surface area (Å²) < 4.78 is 15.6. The van der Waals surface area contributed by atoms with Gasteiger partial charge in [-0.1, -0.05) is 24.3 Å². The Labute approximate surface area is 404 Å². The van der Waals surface area contributed by atoms with E-state index in [1.165, 1.54) is 124 Å². The zero-order valence-electron chi connectivity index (χ0n) is 40.8. The Morgan fingerprint density at radius 3 is 1.43 bits per heavy atom. The minimum Gasteiger partial charge on any atom is -0.444 e. The summed E-state index contributed by atoms with van der Waals surface area (Å²) in [6.45, 7) is 5.61. The highest BCUT2D eigenvalue weighted by Crippen LogP contribution is 2.16. The monoisotopic (exact) mass is 972 g/mol. The van der Waals surface area contributed by atoms with E-state index < -0.39 is 58.4 Å². The third-order valence-electron chi connectivity index (χ3n) is 11.0. The Kier molecular flexibility index (Phi) is 20.6. The molecule has 1 atom stereocenters. The lowest BCUT2D eigenvalue weighted by Gasteiger charge is -2.32. The van der Waals surface area contributed by atoms with E-state index in [9.17, 15) is 47.9 Å². The maximum Gasteiger partial charge on any atom is 0.407 e. The molecule has 4 aromatic rings. The zero-order valence-corrected chi connectivity index (χ0v) is 40.8. The smallest absolute Gasteiger partial charge is 0.407 e. The van der Waals surface area contributed by atoms with Gasteiger partial charge in [0.2, 0.25) is 5.91 Å². The number of carbonyl (C=O) groups excluding carboxylic acids is 6. The first-order valence-electron chi connectivity index (χ1n) is 22.8. The largest absolute Gasteiger partial charge is 0.444 e. The van der Waals surface area contributed by atoms with Crippen molar-refractivity contribution in [3.05, 3.63) is 137 Å². The number of rotatable bonds is 24. The van der Waals surface area contributed by atoms with Crippen molar-refractivity contribution in [1.82, 2.24) is 49.3 Å². The number of ether oxygens (including phenoxy) is 2. The second kappa shape index (κ2) is 26.2. The van der Waals surface area contributed by atoms with Crippen LogP contribution in [0.5, 0.6) is 0 Å². The van der Waals surface area contributed by atoms with Crippen molar-refractivity contribution in [3.8, 4) is 0 Å². The molecule has 0 radical (unpaired) electrons. The van der Waals surface area contributed by atoms with Crippen molar-refractivity contribution in [2.75, 3.05) is 59.0 Å². The van der Waals surface area contributed by atoms with E-state index in [4.69, 9.17) is 9.47 Å². The van der Waals surface area contributed by atoms with Crippen LogP contribution in [-0.2, 0) is 42.5 Å². The first kappa shape index (κ1) is 55.0. The van der Waals surface area contributed by atoms with Crippen LogP contribution < -0.4 is 43.5 Å². The Morgan fingerprint density at radius 1 is 0.529 bits per heavy atom. The highest BCUT2D eigenvalue weighted by molar-refractivity contribution is 5.97. The molecule has 22 nitrogen and oxygen atoms in total. The fourth-order valence-electron chi connectivity index (χ4n) is 7.18. The predicted molar refractivity (Wildman–Crippen MR) is 259 cm³/mol. The molecule has 0 saturated heterocycles. The van der Waals surface area contributed by atoms with Crippen LogP contribution in [0, 0.1) is 0 Å². The highest BCUT2D eigenvalue weighted by atomic mass is 16.6. The standard InChI is InChI=1S/C48H64N10O12/c1-48(2,3)70-47(68)52-27-32-69-31-26-51-44(65)35(58(46(67)37-18-11-23-41(62)56(37)7)30-14-25-50-43(64)34-16-9-21-39(60)54(34)5)19-12-28-57(45(66)36-17-10-22-40(61)55(36)6)29-13-24-49-42(63)33-15-8-20-38(59)53(33)4/h8-11,15-18,20-23,35H,12-14,19,24-32H2,1-7H3,(H,49,63)(H,50,64)(H,51,65)(H,52,68). The molecule has 70 heavy (non-hydrogen) atoms. The molecular formula is C48H64N10O12. The molecular weight excluding hydrogens is 909 g/mol. The lowest BCUT2D eigenvalue weighted by molar-refractivity contribution is -0.126. The van der Waals surface area contributed by atoms with Gasteiger partial charge in [-0.05, 0) is 70.7 Å². The number of amides is 6. The van der Waals surface area contributed by atoms with E-state index in [-0.39, 0.29) is 119 Å². The summed E-state index contributed by atoms with van der Waals surface area (Å²) >= 11 is 0.